The lowest BCUT2D eigenvalue weighted by Crippen LogP contribution is -2.09. The molecule has 0 aliphatic carbocycles. The van der Waals surface area contributed by atoms with Crippen LogP contribution in [-0.2, 0) is 4.79 Å². The predicted molar refractivity (Wildman–Crippen MR) is 147 cm³/mol. The van der Waals surface area contributed by atoms with Gasteiger partial charge in [-0.2, -0.15) is 5.10 Å². The van der Waals surface area contributed by atoms with Crippen molar-refractivity contribution in [1.82, 2.24) is 25.1 Å². The highest BCUT2D eigenvalue weighted by molar-refractivity contribution is 7.17. The number of Topliss-reactive ketones (excluding diaryl/α,β-unsaturated/α-hetero) is 1. The van der Waals surface area contributed by atoms with Gasteiger partial charge >= 0.3 is 0 Å². The van der Waals surface area contributed by atoms with E-state index in [9.17, 15) is 9.59 Å². The molecule has 0 bridgehead atoms. The number of hydrogen-bond donors (Lipinski definition) is 3. The minimum absolute atomic E-state index is 0.0366. The van der Waals surface area contributed by atoms with Gasteiger partial charge in [0.15, 0.2) is 5.78 Å². The van der Waals surface area contributed by atoms with Crippen molar-refractivity contribution in [2.75, 3.05) is 5.32 Å². The number of amides is 1. The molecule has 6 rings (SSSR count). The normalized spacial score (nSPS) is 11.3. The molecule has 5 aromatic heterocycles. The van der Waals surface area contributed by atoms with Gasteiger partial charge in [-0.1, -0.05) is 19.1 Å². The van der Waals surface area contributed by atoms with Crippen LogP contribution in [0.4, 0.5) is 5.69 Å². The van der Waals surface area contributed by atoms with Crippen LogP contribution in [0.3, 0.4) is 0 Å². The zero-order valence-electron chi connectivity index (χ0n) is 20.1. The molecule has 0 aliphatic heterocycles. The summed E-state index contributed by atoms with van der Waals surface area (Å²) < 4.78 is 0. The molecule has 6 aromatic rings. The number of thiophene rings is 1. The second-order valence-electron chi connectivity index (χ2n) is 8.67. The van der Waals surface area contributed by atoms with Gasteiger partial charge in [0.05, 0.1) is 32.4 Å². The molecule has 9 heteroatoms. The minimum Gasteiger partial charge on any atom is -0.353 e. The monoisotopic (exact) mass is 506 g/mol. The lowest BCUT2D eigenvalue weighted by molar-refractivity contribution is -0.115. The molecule has 0 radical (unpaired) electrons. The summed E-state index contributed by atoms with van der Waals surface area (Å²) in [7, 11) is 0. The van der Waals surface area contributed by atoms with Crippen molar-refractivity contribution in [1.29, 1.82) is 0 Å². The summed E-state index contributed by atoms with van der Waals surface area (Å²) in [5, 5.41) is 11.5. The average molecular weight is 507 g/mol. The number of H-pyrrole nitrogens is 2. The molecular weight excluding hydrogens is 484 g/mol. The van der Waals surface area contributed by atoms with Crippen LogP contribution >= 0.6 is 11.3 Å². The van der Waals surface area contributed by atoms with Gasteiger partial charge in [0.1, 0.15) is 11.2 Å². The Balaban J connectivity index is 1.42. The molecule has 0 atom stereocenters. The van der Waals surface area contributed by atoms with Crippen molar-refractivity contribution in [2.45, 2.75) is 20.3 Å². The van der Waals surface area contributed by atoms with E-state index in [4.69, 9.17) is 4.98 Å². The third-order valence-electron chi connectivity index (χ3n) is 6.16. The number of aromatic nitrogens is 5. The minimum atomic E-state index is -0.0366. The van der Waals surface area contributed by atoms with Crippen LogP contribution in [0.15, 0.2) is 66.9 Å². The number of nitrogens with zero attached hydrogens (tertiary/aromatic N) is 3. The first-order valence-electron chi connectivity index (χ1n) is 11.8. The number of nitrogens with one attached hydrogen (secondary N) is 3. The number of hydrogen-bond acceptors (Lipinski definition) is 6. The molecule has 1 amide bonds. The molecule has 0 saturated carbocycles. The highest BCUT2D eigenvalue weighted by Gasteiger charge is 2.17. The maximum Gasteiger partial charge on any atom is 0.224 e. The Morgan fingerprint density at radius 2 is 1.89 bits per heavy atom. The molecule has 1 aromatic carbocycles. The second kappa shape index (κ2) is 9.11. The summed E-state index contributed by atoms with van der Waals surface area (Å²) in [6.45, 7) is 3.39. The molecule has 0 spiro atoms. The van der Waals surface area contributed by atoms with E-state index in [-0.39, 0.29) is 11.7 Å². The van der Waals surface area contributed by atoms with Gasteiger partial charge < -0.3 is 10.3 Å². The lowest BCUT2D eigenvalue weighted by Gasteiger charge is -2.06. The standard InChI is InChI=1S/C28H22N6O2S/c1-3-25(36)30-17-6-4-5-16(13-17)19-7-8-21-27(32-19)28(34-33-21)22-14-18-20(31-22)11-12-29-26(18)24-10-9-23(37-24)15(2)35/h4-14,31H,3H2,1-2H3,(H,30,36)(H,33,34). The molecule has 37 heavy (non-hydrogen) atoms. The number of fused-ring (bicyclic) bond motifs is 2. The first-order chi connectivity index (χ1) is 18.0. The average Bonchev–Trinajstić information content (AvgIpc) is 3.66. The number of pyridine rings is 2. The summed E-state index contributed by atoms with van der Waals surface area (Å²) in [6, 6.07) is 19.2. The van der Waals surface area contributed by atoms with Gasteiger partial charge in [0, 0.05) is 34.8 Å². The quantitative estimate of drug-likeness (QED) is 0.225. The van der Waals surface area contributed by atoms with E-state index in [0.717, 1.165) is 55.1 Å². The first-order valence-corrected chi connectivity index (χ1v) is 12.7. The number of anilines is 1. The van der Waals surface area contributed by atoms with E-state index < -0.39 is 0 Å². The first kappa shape index (κ1) is 22.8. The van der Waals surface area contributed by atoms with Gasteiger partial charge in [0.2, 0.25) is 5.91 Å². The van der Waals surface area contributed by atoms with Crippen LogP contribution in [0.5, 0.6) is 0 Å². The van der Waals surface area contributed by atoms with Crippen molar-refractivity contribution in [2.24, 2.45) is 0 Å². The Hall–Kier alpha value is -4.63. The Morgan fingerprint density at radius 1 is 1.00 bits per heavy atom. The maximum atomic E-state index is 11.8. The highest BCUT2D eigenvalue weighted by Crippen LogP contribution is 2.35. The smallest absolute Gasteiger partial charge is 0.224 e. The van der Waals surface area contributed by atoms with Gasteiger partial charge in [0.25, 0.3) is 0 Å². The van der Waals surface area contributed by atoms with Crippen LogP contribution in [0.2, 0.25) is 0 Å². The topological polar surface area (TPSA) is 116 Å². The summed E-state index contributed by atoms with van der Waals surface area (Å²) in [4.78, 5) is 38.2. The fraction of sp³-hybridized carbons (Fsp3) is 0.107. The second-order valence-corrected chi connectivity index (χ2v) is 9.76. The Labute approximate surface area is 215 Å². The maximum absolute atomic E-state index is 11.8. The summed E-state index contributed by atoms with van der Waals surface area (Å²) in [5.74, 6) is 0.00625. The van der Waals surface area contributed by atoms with E-state index >= 15 is 0 Å². The highest BCUT2D eigenvalue weighted by atomic mass is 32.1. The fourth-order valence-electron chi connectivity index (χ4n) is 4.29. The van der Waals surface area contributed by atoms with Crippen molar-refractivity contribution in [3.63, 3.8) is 0 Å². The number of rotatable bonds is 6. The third kappa shape index (κ3) is 4.19. The van der Waals surface area contributed by atoms with Gasteiger partial charge in [-0.3, -0.25) is 19.7 Å². The molecule has 0 fully saturated rings. The molecule has 0 unspecified atom stereocenters. The van der Waals surface area contributed by atoms with Crippen molar-refractivity contribution < 1.29 is 9.59 Å². The summed E-state index contributed by atoms with van der Waals surface area (Å²) in [5.41, 5.74) is 7.20. The van der Waals surface area contributed by atoms with Crippen LogP contribution in [0.1, 0.15) is 29.9 Å². The molecule has 5 heterocycles. The fourth-order valence-corrected chi connectivity index (χ4v) is 5.20. The molecule has 0 aliphatic rings. The number of ketones is 1. The van der Waals surface area contributed by atoms with Gasteiger partial charge in [-0.15, -0.1) is 11.3 Å². The summed E-state index contributed by atoms with van der Waals surface area (Å²) in [6.07, 6.45) is 2.17. The predicted octanol–water partition coefficient (Wildman–Crippen LogP) is 6.45. The molecule has 3 N–H and O–H groups in total. The lowest BCUT2D eigenvalue weighted by atomic mass is 10.1. The van der Waals surface area contributed by atoms with E-state index in [1.54, 1.807) is 13.1 Å². The molecular formula is C28H22N6O2S. The van der Waals surface area contributed by atoms with Crippen molar-refractivity contribution in [3.8, 4) is 33.2 Å². The largest absolute Gasteiger partial charge is 0.353 e. The molecule has 8 nitrogen and oxygen atoms in total. The van der Waals surface area contributed by atoms with Crippen LogP contribution in [0.25, 0.3) is 55.2 Å². The number of benzene rings is 1. The Kier molecular flexibility index (Phi) is 5.61. The number of carbonyl (C=O) groups is 2. The van der Waals surface area contributed by atoms with Crippen molar-refractivity contribution >= 4 is 50.7 Å². The van der Waals surface area contributed by atoms with E-state index in [1.807, 2.05) is 67.6 Å². The zero-order chi connectivity index (χ0) is 25.5. The molecule has 182 valence electrons. The van der Waals surface area contributed by atoms with Crippen LogP contribution in [-0.4, -0.2) is 36.8 Å². The van der Waals surface area contributed by atoms with E-state index in [1.165, 1.54) is 11.3 Å². The third-order valence-corrected chi connectivity index (χ3v) is 7.35. The Bertz CT molecular complexity index is 1810. The number of carbonyl (C=O) groups excluding carboxylic acids is 2. The number of aromatic amines is 2. The van der Waals surface area contributed by atoms with E-state index in [0.29, 0.717) is 17.0 Å². The van der Waals surface area contributed by atoms with E-state index in [2.05, 4.69) is 25.5 Å². The van der Waals surface area contributed by atoms with Crippen LogP contribution in [0, 0.1) is 0 Å². The summed E-state index contributed by atoms with van der Waals surface area (Å²) >= 11 is 1.44. The zero-order valence-corrected chi connectivity index (χ0v) is 20.9. The SMILES string of the molecule is CCC(=O)Nc1cccc(-c2ccc3[nH]nc(-c4cc5c(-c6ccc(C(C)=O)s6)nccc5[nH]4)c3n2)c1. The Morgan fingerprint density at radius 3 is 2.70 bits per heavy atom. The molecule has 0 saturated heterocycles. The van der Waals surface area contributed by atoms with Crippen molar-refractivity contribution in [3.05, 3.63) is 71.7 Å². The van der Waals surface area contributed by atoms with Gasteiger partial charge in [-0.05, 0) is 55.5 Å². The van der Waals surface area contributed by atoms with Crippen LogP contribution < -0.4 is 5.32 Å². The van der Waals surface area contributed by atoms with Gasteiger partial charge in [-0.25, -0.2) is 4.98 Å².